The van der Waals surface area contributed by atoms with Gasteiger partial charge in [0.15, 0.2) is 17.9 Å². The highest BCUT2D eigenvalue weighted by atomic mass is 35.5. The molecule has 0 radical (unpaired) electrons. The van der Waals surface area contributed by atoms with Gasteiger partial charge in [-0.25, -0.2) is 0 Å². The third-order valence-electron chi connectivity index (χ3n) is 7.03. The number of carbonyl (C=O) groups is 2. The fourth-order valence-electron chi connectivity index (χ4n) is 5.34. The van der Waals surface area contributed by atoms with E-state index in [-0.39, 0.29) is 65.1 Å². The van der Waals surface area contributed by atoms with Crippen molar-refractivity contribution in [3.8, 4) is 11.5 Å². The number of ether oxygens (including phenoxy) is 2. The average molecular weight is 506 g/mol. The number of rotatable bonds is 2. The zero-order valence-electron chi connectivity index (χ0n) is 19.2. The molecule has 0 amide bonds. The van der Waals surface area contributed by atoms with Crippen LogP contribution in [0.3, 0.4) is 0 Å². The molecule has 2 aliphatic carbocycles. The molecule has 0 saturated carbocycles. The highest BCUT2D eigenvalue weighted by Crippen LogP contribution is 2.51. The van der Waals surface area contributed by atoms with E-state index in [0.29, 0.717) is 0 Å². The second-order valence-corrected chi connectivity index (χ2v) is 9.71. The van der Waals surface area contributed by atoms with Crippen LogP contribution in [0.15, 0.2) is 24.3 Å². The number of hydrogen-bond acceptors (Lipinski definition) is 9. The third-order valence-corrected chi connectivity index (χ3v) is 7.03. The van der Waals surface area contributed by atoms with Gasteiger partial charge in [-0.1, -0.05) is 24.3 Å². The lowest BCUT2D eigenvalue weighted by molar-refractivity contribution is -0.247. The Morgan fingerprint density at radius 1 is 1.09 bits per heavy atom. The molecule has 10 heteroatoms. The number of halogens is 1. The average Bonchev–Trinajstić information content (AvgIpc) is 2.77. The van der Waals surface area contributed by atoms with Gasteiger partial charge in [-0.3, -0.25) is 9.59 Å². The van der Waals surface area contributed by atoms with Crippen LogP contribution in [0.25, 0.3) is 0 Å². The summed E-state index contributed by atoms with van der Waals surface area (Å²) in [7, 11) is 0. The van der Waals surface area contributed by atoms with Crippen LogP contribution in [0.4, 0.5) is 0 Å². The SMILES string of the molecule is C[C@@H]1O[C@@H](O[C@H]2C[C@@](C)(O)Cc3c(O)c4c(c(O)c32)C(=O)c2ccccc2C4=O)C[C@H](N)[C@H]1O.Cl. The quantitative estimate of drug-likeness (QED) is 0.327. The maximum Gasteiger partial charge on any atom is 0.198 e. The molecule has 0 aromatic heterocycles. The lowest BCUT2D eigenvalue weighted by atomic mass is 9.73. The van der Waals surface area contributed by atoms with E-state index in [2.05, 4.69) is 0 Å². The van der Waals surface area contributed by atoms with Crippen LogP contribution in [0.5, 0.6) is 11.5 Å². The van der Waals surface area contributed by atoms with Crippen molar-refractivity contribution in [2.45, 2.75) is 69.4 Å². The molecule has 3 aliphatic rings. The molecular weight excluding hydrogens is 478 g/mol. The summed E-state index contributed by atoms with van der Waals surface area (Å²) < 4.78 is 11.8. The van der Waals surface area contributed by atoms with Crippen LogP contribution in [-0.4, -0.2) is 62.1 Å². The number of phenols is 2. The van der Waals surface area contributed by atoms with Gasteiger partial charge in [-0.05, 0) is 13.8 Å². The molecule has 0 bridgehead atoms. The van der Waals surface area contributed by atoms with Crippen molar-refractivity contribution in [3.05, 3.63) is 57.6 Å². The highest BCUT2D eigenvalue weighted by molar-refractivity contribution is 6.30. The summed E-state index contributed by atoms with van der Waals surface area (Å²) in [5.74, 6) is -2.06. The molecule has 9 nitrogen and oxygen atoms in total. The molecule has 0 unspecified atom stereocenters. The number of fused-ring (bicyclic) bond motifs is 3. The van der Waals surface area contributed by atoms with Crippen molar-refractivity contribution in [1.29, 1.82) is 0 Å². The van der Waals surface area contributed by atoms with Crippen molar-refractivity contribution in [1.82, 2.24) is 0 Å². The van der Waals surface area contributed by atoms with E-state index in [4.69, 9.17) is 15.2 Å². The molecular formula is C25H28ClNO8. The van der Waals surface area contributed by atoms with Crippen molar-refractivity contribution >= 4 is 24.0 Å². The van der Waals surface area contributed by atoms with Crippen LogP contribution < -0.4 is 5.73 Å². The molecule has 2 aromatic carbocycles. The van der Waals surface area contributed by atoms with Crippen LogP contribution in [0, 0.1) is 0 Å². The van der Waals surface area contributed by atoms with Gasteiger partial charge in [-0.2, -0.15) is 0 Å². The zero-order valence-corrected chi connectivity index (χ0v) is 20.0. The Hall–Kier alpha value is -2.53. The number of aliphatic hydroxyl groups excluding tert-OH is 1. The standard InChI is InChI=1S/C25H27NO8.ClH/c1-10-20(27)14(26)7-16(33-10)34-15-9-25(2,32)8-13-17(15)24(31)19-18(23(13)30)21(28)11-5-3-4-6-12(11)22(19)29;/h3-6,10,14-16,20,27,30-32H,7-9,26H2,1-2H3;1H/t10-,14-,15-,16-,20-,25-;/m0./s1. The Morgan fingerprint density at radius 3 is 2.23 bits per heavy atom. The molecule has 6 atom stereocenters. The number of ketones is 2. The van der Waals surface area contributed by atoms with E-state index in [9.17, 15) is 30.0 Å². The minimum atomic E-state index is -1.34. The number of benzene rings is 2. The van der Waals surface area contributed by atoms with E-state index in [0.717, 1.165) is 0 Å². The summed E-state index contributed by atoms with van der Waals surface area (Å²) in [6.45, 7) is 3.22. The van der Waals surface area contributed by atoms with Gasteiger partial charge in [0, 0.05) is 47.6 Å². The van der Waals surface area contributed by atoms with Crippen molar-refractivity contribution in [2.24, 2.45) is 5.73 Å². The Kier molecular flexibility index (Phi) is 6.46. The summed E-state index contributed by atoms with van der Waals surface area (Å²) in [5.41, 5.74) is 4.68. The Balaban J connectivity index is 0.00000289. The predicted octanol–water partition coefficient (Wildman–Crippen LogP) is 1.87. The van der Waals surface area contributed by atoms with Crippen molar-refractivity contribution < 1.29 is 39.5 Å². The molecule has 6 N–H and O–H groups in total. The second-order valence-electron chi connectivity index (χ2n) is 9.71. The minimum Gasteiger partial charge on any atom is -0.507 e. The van der Waals surface area contributed by atoms with Gasteiger partial charge in [0.1, 0.15) is 11.5 Å². The number of nitrogens with two attached hydrogens (primary N) is 1. The molecule has 1 aliphatic heterocycles. The third kappa shape index (κ3) is 4.02. The van der Waals surface area contributed by atoms with Gasteiger partial charge in [0.05, 0.1) is 35.0 Å². The van der Waals surface area contributed by atoms with Crippen LogP contribution in [0.1, 0.15) is 75.8 Å². The monoisotopic (exact) mass is 505 g/mol. The van der Waals surface area contributed by atoms with Crippen LogP contribution >= 0.6 is 12.4 Å². The largest absolute Gasteiger partial charge is 0.507 e. The van der Waals surface area contributed by atoms with Gasteiger partial charge in [-0.15, -0.1) is 12.4 Å². The van der Waals surface area contributed by atoms with Crippen molar-refractivity contribution in [3.63, 3.8) is 0 Å². The predicted molar refractivity (Wildman–Crippen MR) is 126 cm³/mol. The smallest absolute Gasteiger partial charge is 0.198 e. The van der Waals surface area contributed by atoms with Crippen molar-refractivity contribution in [2.75, 3.05) is 0 Å². The Bertz CT molecular complexity index is 1200. The first kappa shape index (κ1) is 25.6. The van der Waals surface area contributed by atoms with Gasteiger partial charge < -0.3 is 35.6 Å². The summed E-state index contributed by atoms with van der Waals surface area (Å²) >= 11 is 0. The Morgan fingerprint density at radius 2 is 1.66 bits per heavy atom. The first-order valence-corrected chi connectivity index (χ1v) is 11.3. The number of phenolic OH excluding ortho intramolecular Hbond substituents is 2. The maximum absolute atomic E-state index is 13.3. The van der Waals surface area contributed by atoms with E-state index in [1.54, 1.807) is 26.0 Å². The van der Waals surface area contributed by atoms with Crippen LogP contribution in [-0.2, 0) is 15.9 Å². The lowest BCUT2D eigenvalue weighted by Gasteiger charge is -2.41. The summed E-state index contributed by atoms with van der Waals surface area (Å²) in [5, 5.41) is 43.4. The van der Waals surface area contributed by atoms with Gasteiger partial charge >= 0.3 is 0 Å². The molecule has 35 heavy (non-hydrogen) atoms. The topological polar surface area (TPSA) is 160 Å². The van der Waals surface area contributed by atoms with Crippen LogP contribution in [0.2, 0.25) is 0 Å². The lowest BCUT2D eigenvalue weighted by Crippen LogP contribution is -2.52. The fourth-order valence-corrected chi connectivity index (χ4v) is 5.34. The highest BCUT2D eigenvalue weighted by Gasteiger charge is 2.45. The molecule has 188 valence electrons. The number of aliphatic hydroxyl groups is 2. The Labute approximate surface area is 207 Å². The van der Waals surface area contributed by atoms with Gasteiger partial charge in [0.25, 0.3) is 0 Å². The maximum atomic E-state index is 13.3. The number of aromatic hydroxyl groups is 2. The number of hydrogen-bond donors (Lipinski definition) is 5. The van der Waals surface area contributed by atoms with E-state index in [1.165, 1.54) is 12.1 Å². The zero-order chi connectivity index (χ0) is 24.5. The van der Waals surface area contributed by atoms with E-state index >= 15 is 0 Å². The molecule has 1 fully saturated rings. The fraction of sp³-hybridized carbons (Fsp3) is 0.440. The summed E-state index contributed by atoms with van der Waals surface area (Å²) in [4.78, 5) is 26.5. The summed E-state index contributed by atoms with van der Waals surface area (Å²) in [6.07, 6.45) is -3.13. The molecule has 2 aromatic rings. The van der Waals surface area contributed by atoms with E-state index in [1.807, 2.05) is 0 Å². The molecule has 1 saturated heterocycles. The molecule has 1 heterocycles. The first-order valence-electron chi connectivity index (χ1n) is 11.3. The number of carbonyl (C=O) groups excluding carboxylic acids is 2. The molecule has 5 rings (SSSR count). The normalized spacial score (nSPS) is 31.7. The van der Waals surface area contributed by atoms with E-state index < -0.39 is 59.3 Å². The second kappa shape index (κ2) is 8.85. The molecule has 0 spiro atoms. The minimum absolute atomic E-state index is 0. The van der Waals surface area contributed by atoms with Gasteiger partial charge in [0.2, 0.25) is 0 Å². The first-order chi connectivity index (χ1) is 16.0. The summed E-state index contributed by atoms with van der Waals surface area (Å²) in [6, 6.07) is 5.63.